The summed E-state index contributed by atoms with van der Waals surface area (Å²) >= 11 is 0. The predicted molar refractivity (Wildman–Crippen MR) is 92.3 cm³/mol. The van der Waals surface area contributed by atoms with Crippen molar-refractivity contribution in [3.05, 3.63) is 74.7 Å². The quantitative estimate of drug-likeness (QED) is 0.446. The molecule has 0 aliphatic heterocycles. The first-order valence-electron chi connectivity index (χ1n) is 7.07. The number of hydrogen-bond acceptors (Lipinski definition) is 6. The van der Waals surface area contributed by atoms with Crippen molar-refractivity contribution < 1.29 is 18.1 Å². The number of sulfone groups is 1. The molecular formula is C17H14N2O5S. The van der Waals surface area contributed by atoms with Gasteiger partial charge in [-0.2, -0.15) is 5.26 Å². The Morgan fingerprint density at radius 1 is 1.20 bits per heavy atom. The molecule has 0 aliphatic rings. The summed E-state index contributed by atoms with van der Waals surface area (Å²) in [6.07, 6.45) is 1.20. The number of benzene rings is 2. The van der Waals surface area contributed by atoms with Gasteiger partial charge in [-0.15, -0.1) is 0 Å². The van der Waals surface area contributed by atoms with Crippen molar-refractivity contribution in [3.8, 4) is 11.8 Å². The van der Waals surface area contributed by atoms with Crippen molar-refractivity contribution in [2.45, 2.75) is 5.75 Å². The van der Waals surface area contributed by atoms with Gasteiger partial charge in [-0.25, -0.2) is 8.42 Å². The number of hydrogen-bond donors (Lipinski definition) is 0. The molecule has 2 aromatic carbocycles. The molecule has 0 atom stereocenters. The Balaban J connectivity index is 2.27. The number of methoxy groups -OCH3 is 1. The lowest BCUT2D eigenvalue weighted by Crippen LogP contribution is -2.06. The largest absolute Gasteiger partial charge is 0.497 e. The molecular weight excluding hydrogens is 344 g/mol. The molecule has 0 aromatic heterocycles. The zero-order valence-corrected chi connectivity index (χ0v) is 14.1. The van der Waals surface area contributed by atoms with Crippen molar-refractivity contribution in [2.75, 3.05) is 7.11 Å². The number of allylic oxidation sites excluding steroid dienone is 1. The van der Waals surface area contributed by atoms with E-state index in [1.54, 1.807) is 30.3 Å². The van der Waals surface area contributed by atoms with Crippen LogP contribution in [0.5, 0.6) is 5.75 Å². The fraction of sp³-hybridized carbons (Fsp3) is 0.118. The van der Waals surface area contributed by atoms with Gasteiger partial charge in [-0.1, -0.05) is 12.1 Å². The molecule has 0 spiro atoms. The third-order valence-corrected chi connectivity index (χ3v) is 4.96. The van der Waals surface area contributed by atoms with Crippen LogP contribution in [0.2, 0.25) is 0 Å². The van der Waals surface area contributed by atoms with Gasteiger partial charge in [0, 0.05) is 12.1 Å². The van der Waals surface area contributed by atoms with E-state index in [1.165, 1.54) is 37.5 Å². The molecule has 7 nitrogen and oxygen atoms in total. The minimum Gasteiger partial charge on any atom is -0.497 e. The van der Waals surface area contributed by atoms with E-state index in [-0.39, 0.29) is 11.4 Å². The Kier molecular flexibility index (Phi) is 5.52. The number of non-ortho nitro benzene ring substituents is 1. The van der Waals surface area contributed by atoms with E-state index in [0.29, 0.717) is 16.9 Å². The summed E-state index contributed by atoms with van der Waals surface area (Å²) in [6.45, 7) is 0. The zero-order valence-electron chi connectivity index (χ0n) is 13.2. The van der Waals surface area contributed by atoms with Crippen LogP contribution in [0.1, 0.15) is 11.1 Å². The molecule has 0 aliphatic carbocycles. The summed E-state index contributed by atoms with van der Waals surface area (Å²) in [5.41, 5.74) is 0.794. The third-order valence-electron chi connectivity index (χ3n) is 3.36. The normalized spacial score (nSPS) is 11.6. The number of ether oxygens (including phenoxy) is 1. The Morgan fingerprint density at radius 3 is 2.28 bits per heavy atom. The number of nitrogens with zero attached hydrogens (tertiary/aromatic N) is 2. The minimum absolute atomic E-state index is 0.114. The molecule has 0 unspecified atom stereocenters. The first-order chi connectivity index (χ1) is 11.9. The highest BCUT2D eigenvalue weighted by atomic mass is 32.2. The maximum atomic E-state index is 12.4. The monoisotopic (exact) mass is 358 g/mol. The lowest BCUT2D eigenvalue weighted by molar-refractivity contribution is -0.384. The predicted octanol–water partition coefficient (Wildman–Crippen LogP) is 3.08. The Morgan fingerprint density at radius 2 is 1.80 bits per heavy atom. The van der Waals surface area contributed by atoms with Crippen molar-refractivity contribution in [1.29, 1.82) is 5.26 Å². The standard InChI is InChI=1S/C17H14N2O5S/c1-24-16-8-4-14(5-9-16)12-25(22,23)17(11-18)10-13-2-6-15(7-3-13)19(20)21/h2-10H,12H2,1H3/b17-10-. The van der Waals surface area contributed by atoms with Crippen LogP contribution in [-0.4, -0.2) is 20.5 Å². The molecule has 0 N–H and O–H groups in total. The van der Waals surface area contributed by atoms with E-state index in [9.17, 15) is 23.8 Å². The molecule has 2 aromatic rings. The molecule has 2 rings (SSSR count). The van der Waals surface area contributed by atoms with Crippen molar-refractivity contribution >= 4 is 21.6 Å². The molecule has 128 valence electrons. The highest BCUT2D eigenvalue weighted by Gasteiger charge is 2.19. The Labute approximate surface area is 144 Å². The summed E-state index contributed by atoms with van der Waals surface area (Å²) in [4.78, 5) is 9.67. The third kappa shape index (κ3) is 4.65. The molecule has 0 saturated heterocycles. The highest BCUT2D eigenvalue weighted by Crippen LogP contribution is 2.20. The van der Waals surface area contributed by atoms with E-state index < -0.39 is 19.7 Å². The van der Waals surface area contributed by atoms with Gasteiger partial charge in [0.2, 0.25) is 0 Å². The van der Waals surface area contributed by atoms with Crippen LogP contribution in [0.25, 0.3) is 6.08 Å². The van der Waals surface area contributed by atoms with Gasteiger partial charge < -0.3 is 4.74 Å². The SMILES string of the molecule is COc1ccc(CS(=O)(=O)/C(C#N)=C\c2ccc([N+](=O)[O-])cc2)cc1. The van der Waals surface area contributed by atoms with E-state index >= 15 is 0 Å². The molecule has 0 fully saturated rings. The van der Waals surface area contributed by atoms with E-state index in [4.69, 9.17) is 4.74 Å². The number of nitro benzene ring substituents is 1. The van der Waals surface area contributed by atoms with Gasteiger partial charge in [0.15, 0.2) is 9.84 Å². The van der Waals surface area contributed by atoms with Crippen LogP contribution in [0.4, 0.5) is 5.69 Å². The van der Waals surface area contributed by atoms with Gasteiger partial charge in [0.1, 0.15) is 16.7 Å². The Bertz CT molecular complexity index is 940. The second-order valence-corrected chi connectivity index (χ2v) is 7.03. The smallest absolute Gasteiger partial charge is 0.269 e. The van der Waals surface area contributed by atoms with Crippen LogP contribution < -0.4 is 4.74 Å². The van der Waals surface area contributed by atoms with Gasteiger partial charge in [-0.05, 0) is 41.5 Å². The summed E-state index contributed by atoms with van der Waals surface area (Å²) in [6, 6.07) is 13.4. The second-order valence-electron chi connectivity index (χ2n) is 5.08. The van der Waals surface area contributed by atoms with Gasteiger partial charge in [0.05, 0.1) is 17.8 Å². The van der Waals surface area contributed by atoms with Crippen LogP contribution in [0.3, 0.4) is 0 Å². The first-order valence-corrected chi connectivity index (χ1v) is 8.73. The second kappa shape index (κ2) is 7.59. The molecule has 0 radical (unpaired) electrons. The van der Waals surface area contributed by atoms with E-state index in [2.05, 4.69) is 0 Å². The van der Waals surface area contributed by atoms with Gasteiger partial charge in [-0.3, -0.25) is 10.1 Å². The first kappa shape index (κ1) is 18.2. The molecule has 8 heteroatoms. The number of rotatable bonds is 6. The Hall–Kier alpha value is -3.18. The average molecular weight is 358 g/mol. The summed E-state index contributed by atoms with van der Waals surface area (Å²) in [5, 5.41) is 19.8. The number of nitro groups is 1. The van der Waals surface area contributed by atoms with Crippen LogP contribution >= 0.6 is 0 Å². The summed E-state index contributed by atoms with van der Waals surface area (Å²) in [5.74, 6) is 0.270. The lowest BCUT2D eigenvalue weighted by Gasteiger charge is -2.05. The summed E-state index contributed by atoms with van der Waals surface area (Å²) in [7, 11) is -2.34. The van der Waals surface area contributed by atoms with Crippen LogP contribution in [-0.2, 0) is 15.6 Å². The molecule has 0 heterocycles. The molecule has 0 amide bonds. The minimum atomic E-state index is -3.84. The maximum absolute atomic E-state index is 12.4. The number of nitriles is 1. The average Bonchev–Trinajstić information content (AvgIpc) is 2.60. The van der Waals surface area contributed by atoms with E-state index in [0.717, 1.165) is 0 Å². The van der Waals surface area contributed by atoms with Crippen molar-refractivity contribution in [3.63, 3.8) is 0 Å². The zero-order chi connectivity index (χ0) is 18.4. The molecule has 25 heavy (non-hydrogen) atoms. The molecule has 0 saturated carbocycles. The van der Waals surface area contributed by atoms with Crippen LogP contribution in [0, 0.1) is 21.4 Å². The van der Waals surface area contributed by atoms with Gasteiger partial charge in [0.25, 0.3) is 5.69 Å². The maximum Gasteiger partial charge on any atom is 0.269 e. The lowest BCUT2D eigenvalue weighted by atomic mass is 10.2. The van der Waals surface area contributed by atoms with Gasteiger partial charge >= 0.3 is 0 Å². The fourth-order valence-corrected chi connectivity index (χ4v) is 3.30. The van der Waals surface area contributed by atoms with Crippen molar-refractivity contribution in [1.82, 2.24) is 0 Å². The van der Waals surface area contributed by atoms with E-state index in [1.807, 2.05) is 0 Å². The van der Waals surface area contributed by atoms with Crippen molar-refractivity contribution in [2.24, 2.45) is 0 Å². The van der Waals surface area contributed by atoms with Crippen LogP contribution in [0.15, 0.2) is 53.4 Å². The molecule has 0 bridgehead atoms. The summed E-state index contributed by atoms with van der Waals surface area (Å²) < 4.78 is 29.9. The topological polar surface area (TPSA) is 110 Å². The highest BCUT2D eigenvalue weighted by molar-refractivity contribution is 7.95. The fourth-order valence-electron chi connectivity index (χ4n) is 2.05.